The van der Waals surface area contributed by atoms with E-state index in [0.29, 0.717) is 19.3 Å². The first-order valence-electron chi connectivity index (χ1n) is 9.69. The lowest BCUT2D eigenvalue weighted by atomic mass is 9.67. The molecule has 0 radical (unpaired) electrons. The van der Waals surface area contributed by atoms with Crippen molar-refractivity contribution in [1.29, 1.82) is 10.5 Å². The molecule has 30 heavy (non-hydrogen) atoms. The summed E-state index contributed by atoms with van der Waals surface area (Å²) >= 11 is 0. The first kappa shape index (κ1) is 18.1. The van der Waals surface area contributed by atoms with E-state index in [9.17, 15) is 10.5 Å². The molecule has 0 N–H and O–H groups in total. The molecule has 4 aromatic rings. The molecule has 0 unspecified atom stereocenters. The maximum absolute atomic E-state index is 9.32. The average Bonchev–Trinajstić information content (AvgIpc) is 3.44. The van der Waals surface area contributed by atoms with Crippen molar-refractivity contribution in [2.75, 3.05) is 0 Å². The summed E-state index contributed by atoms with van der Waals surface area (Å²) in [6.45, 7) is 2.00. The van der Waals surface area contributed by atoms with E-state index in [1.165, 1.54) is 0 Å². The predicted molar refractivity (Wildman–Crippen MR) is 108 cm³/mol. The van der Waals surface area contributed by atoms with Crippen molar-refractivity contribution in [2.45, 2.75) is 31.7 Å². The maximum Gasteiger partial charge on any atom is 0.100 e. The highest BCUT2D eigenvalue weighted by molar-refractivity contribution is 5.80. The third-order valence-corrected chi connectivity index (χ3v) is 5.87. The Morgan fingerprint density at radius 3 is 2.57 bits per heavy atom. The Bertz CT molecular complexity index is 1330. The molecule has 0 saturated heterocycles. The number of aromatic nitrogens is 7. The molecule has 0 spiro atoms. The van der Waals surface area contributed by atoms with Gasteiger partial charge in [0, 0.05) is 30.6 Å². The van der Waals surface area contributed by atoms with Crippen molar-refractivity contribution in [3.8, 4) is 34.7 Å². The maximum atomic E-state index is 9.32. The second kappa shape index (κ2) is 6.53. The summed E-state index contributed by atoms with van der Waals surface area (Å²) in [6, 6.07) is 4.56. The molecule has 0 atom stereocenters. The van der Waals surface area contributed by atoms with E-state index in [1.807, 2.05) is 48.0 Å². The van der Waals surface area contributed by atoms with Crippen molar-refractivity contribution in [3.63, 3.8) is 0 Å². The highest BCUT2D eigenvalue weighted by Crippen LogP contribution is 2.46. The molecule has 148 valence electrons. The Kier molecular flexibility index (Phi) is 3.93. The smallest absolute Gasteiger partial charge is 0.100 e. The number of aryl methyl sites for hydroxylation is 2. The van der Waals surface area contributed by atoms with Crippen molar-refractivity contribution in [3.05, 3.63) is 42.7 Å². The van der Waals surface area contributed by atoms with Crippen LogP contribution in [0.2, 0.25) is 0 Å². The van der Waals surface area contributed by atoms with Crippen LogP contribution >= 0.6 is 0 Å². The van der Waals surface area contributed by atoms with Gasteiger partial charge in [0.1, 0.15) is 5.69 Å². The zero-order valence-corrected chi connectivity index (χ0v) is 16.7. The van der Waals surface area contributed by atoms with Crippen LogP contribution in [-0.4, -0.2) is 34.2 Å². The standard InChI is InChI=1S/C21H19N9/c1-14-8-25-29-13-18(16-9-24-28(2)11-16)27-19(20(14)29)17-10-26-30(12-17)21(3-4-22)5-15(6-21)7-23/h8-13,15H,3,5-6H2,1-2H3. The first-order chi connectivity index (χ1) is 14.5. The number of fused-ring (bicyclic) bond motifs is 1. The van der Waals surface area contributed by atoms with Gasteiger partial charge in [0.15, 0.2) is 0 Å². The lowest BCUT2D eigenvalue weighted by Gasteiger charge is -2.43. The normalized spacial score (nSPS) is 20.6. The Labute approximate surface area is 172 Å². The summed E-state index contributed by atoms with van der Waals surface area (Å²) < 4.78 is 5.42. The van der Waals surface area contributed by atoms with Crippen LogP contribution in [0.3, 0.4) is 0 Å². The Morgan fingerprint density at radius 2 is 1.87 bits per heavy atom. The summed E-state index contributed by atoms with van der Waals surface area (Å²) in [5, 5.41) is 31.8. The molecular weight excluding hydrogens is 378 g/mol. The summed E-state index contributed by atoms with van der Waals surface area (Å²) in [4.78, 5) is 4.92. The van der Waals surface area contributed by atoms with Gasteiger partial charge in [-0.15, -0.1) is 0 Å². The molecule has 0 aromatic carbocycles. The van der Waals surface area contributed by atoms with E-state index in [1.54, 1.807) is 17.1 Å². The van der Waals surface area contributed by atoms with E-state index < -0.39 is 5.54 Å². The molecule has 4 heterocycles. The van der Waals surface area contributed by atoms with Crippen LogP contribution < -0.4 is 0 Å². The second-order valence-electron chi connectivity index (χ2n) is 7.97. The van der Waals surface area contributed by atoms with Crippen LogP contribution in [0.4, 0.5) is 0 Å². The number of nitrogens with zero attached hydrogens (tertiary/aromatic N) is 9. The van der Waals surface area contributed by atoms with Gasteiger partial charge in [-0.05, 0) is 25.3 Å². The summed E-state index contributed by atoms with van der Waals surface area (Å²) in [5.41, 5.74) is 4.81. The van der Waals surface area contributed by atoms with E-state index in [-0.39, 0.29) is 5.92 Å². The fourth-order valence-electron chi connectivity index (χ4n) is 4.27. The number of nitriles is 2. The fraction of sp³-hybridized carbons (Fsp3) is 0.333. The number of hydrogen-bond donors (Lipinski definition) is 0. The quantitative estimate of drug-likeness (QED) is 0.523. The van der Waals surface area contributed by atoms with E-state index in [0.717, 1.165) is 33.6 Å². The van der Waals surface area contributed by atoms with E-state index >= 15 is 0 Å². The molecule has 9 heteroatoms. The lowest BCUT2D eigenvalue weighted by molar-refractivity contribution is 0.0882. The largest absolute Gasteiger partial charge is 0.275 e. The molecule has 5 rings (SSSR count). The summed E-state index contributed by atoms with van der Waals surface area (Å²) in [5.74, 6) is -0.0261. The molecule has 4 aromatic heterocycles. The third kappa shape index (κ3) is 2.67. The molecule has 0 aliphatic heterocycles. The monoisotopic (exact) mass is 397 g/mol. The van der Waals surface area contributed by atoms with Crippen molar-refractivity contribution < 1.29 is 0 Å². The molecule has 1 aliphatic rings. The molecule has 0 amide bonds. The average molecular weight is 397 g/mol. The Hall–Kier alpha value is -3.98. The van der Waals surface area contributed by atoms with Crippen molar-refractivity contribution in [1.82, 2.24) is 34.2 Å². The minimum absolute atomic E-state index is 0.0261. The van der Waals surface area contributed by atoms with Crippen LogP contribution in [0.5, 0.6) is 0 Å². The van der Waals surface area contributed by atoms with Gasteiger partial charge >= 0.3 is 0 Å². The predicted octanol–water partition coefficient (Wildman–Crippen LogP) is 2.84. The van der Waals surface area contributed by atoms with E-state index in [2.05, 4.69) is 27.4 Å². The van der Waals surface area contributed by atoms with Crippen LogP contribution in [0, 0.1) is 35.5 Å². The van der Waals surface area contributed by atoms with Gasteiger partial charge in [0.25, 0.3) is 0 Å². The zero-order valence-electron chi connectivity index (χ0n) is 16.7. The minimum atomic E-state index is -0.417. The Balaban J connectivity index is 1.63. The molecular formula is C21H19N9. The molecule has 1 saturated carbocycles. The van der Waals surface area contributed by atoms with Gasteiger partial charge in [-0.25, -0.2) is 9.50 Å². The molecule has 1 aliphatic carbocycles. The molecule has 9 nitrogen and oxygen atoms in total. The first-order valence-corrected chi connectivity index (χ1v) is 9.69. The minimum Gasteiger partial charge on any atom is -0.275 e. The number of rotatable bonds is 4. The SMILES string of the molecule is Cc1cnn2cc(-c3cnn(C)c3)nc(-c3cnn(C4(CC#N)CC(C#N)C4)c3)c12. The summed E-state index contributed by atoms with van der Waals surface area (Å²) in [6.07, 6.45) is 12.7. The summed E-state index contributed by atoms with van der Waals surface area (Å²) in [7, 11) is 1.87. The van der Waals surface area contributed by atoms with Crippen molar-refractivity contribution in [2.24, 2.45) is 13.0 Å². The third-order valence-electron chi connectivity index (χ3n) is 5.87. The van der Waals surface area contributed by atoms with Crippen LogP contribution in [-0.2, 0) is 12.6 Å². The zero-order chi connectivity index (χ0) is 20.9. The van der Waals surface area contributed by atoms with Gasteiger partial charge in [0.05, 0.1) is 66.0 Å². The van der Waals surface area contributed by atoms with E-state index in [4.69, 9.17) is 4.98 Å². The molecule has 0 bridgehead atoms. The van der Waals surface area contributed by atoms with Crippen LogP contribution in [0.1, 0.15) is 24.8 Å². The fourth-order valence-corrected chi connectivity index (χ4v) is 4.27. The lowest BCUT2D eigenvalue weighted by Crippen LogP contribution is -2.46. The highest BCUT2D eigenvalue weighted by Gasteiger charge is 2.46. The van der Waals surface area contributed by atoms with Crippen LogP contribution in [0.15, 0.2) is 37.2 Å². The van der Waals surface area contributed by atoms with Crippen molar-refractivity contribution >= 4 is 5.52 Å². The van der Waals surface area contributed by atoms with Gasteiger partial charge in [-0.1, -0.05) is 0 Å². The number of hydrogen-bond acceptors (Lipinski definition) is 6. The Morgan fingerprint density at radius 1 is 1.07 bits per heavy atom. The highest BCUT2D eigenvalue weighted by atomic mass is 15.3. The van der Waals surface area contributed by atoms with Gasteiger partial charge in [-0.2, -0.15) is 25.8 Å². The van der Waals surface area contributed by atoms with Crippen LogP contribution in [0.25, 0.3) is 28.0 Å². The van der Waals surface area contributed by atoms with Gasteiger partial charge < -0.3 is 0 Å². The van der Waals surface area contributed by atoms with Gasteiger partial charge in [-0.3, -0.25) is 9.36 Å². The van der Waals surface area contributed by atoms with Gasteiger partial charge in [0.2, 0.25) is 0 Å². The topological polar surface area (TPSA) is 113 Å². The second-order valence-corrected chi connectivity index (χ2v) is 7.97. The molecule has 1 fully saturated rings.